The van der Waals surface area contributed by atoms with Crippen LogP contribution in [-0.2, 0) is 12.8 Å². The molecule has 0 atom stereocenters. The molecule has 9 heteroatoms. The topological polar surface area (TPSA) is 50.9 Å². The van der Waals surface area contributed by atoms with E-state index in [0.717, 1.165) is 0 Å². The van der Waals surface area contributed by atoms with Gasteiger partial charge in [-0.15, -0.1) is 5.10 Å². The molecule has 0 saturated carbocycles. The zero-order valence-corrected chi connectivity index (χ0v) is 10.6. The number of aliphatic hydroxyl groups is 1. The second kappa shape index (κ2) is 4.99. The normalized spacial score (nSPS) is 11.9. The average Bonchev–Trinajstić information content (AvgIpc) is 2.76. The molecule has 0 saturated heterocycles. The molecule has 0 aliphatic heterocycles. The highest BCUT2D eigenvalue weighted by Crippen LogP contribution is 2.33. The summed E-state index contributed by atoms with van der Waals surface area (Å²) in [7, 11) is 0. The third-order valence-corrected chi connectivity index (χ3v) is 3.05. The van der Waals surface area contributed by atoms with Crippen LogP contribution in [0.2, 0.25) is 10.0 Å². The predicted octanol–water partition coefficient (Wildman–Crippen LogP) is 3.09. The van der Waals surface area contributed by atoms with E-state index in [9.17, 15) is 13.2 Å². The van der Waals surface area contributed by atoms with Crippen LogP contribution in [0, 0.1) is 0 Å². The zero-order chi connectivity index (χ0) is 14.2. The molecular formula is C10H6Cl2F3N3O. The van der Waals surface area contributed by atoms with Gasteiger partial charge in [-0.25, -0.2) is 4.68 Å². The van der Waals surface area contributed by atoms with Gasteiger partial charge >= 0.3 is 6.18 Å². The minimum absolute atomic E-state index is 0.0499. The molecule has 0 fully saturated rings. The fourth-order valence-electron chi connectivity index (χ4n) is 1.50. The van der Waals surface area contributed by atoms with E-state index in [2.05, 4.69) is 10.3 Å². The molecule has 1 aromatic heterocycles. The Morgan fingerprint density at radius 1 is 1.21 bits per heavy atom. The zero-order valence-electron chi connectivity index (χ0n) is 9.12. The van der Waals surface area contributed by atoms with Crippen LogP contribution in [0.15, 0.2) is 18.2 Å². The van der Waals surface area contributed by atoms with E-state index in [1.54, 1.807) is 0 Å². The summed E-state index contributed by atoms with van der Waals surface area (Å²) in [5, 5.41) is 15.9. The number of alkyl halides is 3. The van der Waals surface area contributed by atoms with Crippen LogP contribution in [0.4, 0.5) is 13.2 Å². The Morgan fingerprint density at radius 2 is 1.89 bits per heavy atom. The van der Waals surface area contributed by atoms with E-state index >= 15 is 0 Å². The van der Waals surface area contributed by atoms with Crippen molar-refractivity contribution in [1.82, 2.24) is 15.0 Å². The third-order valence-electron chi connectivity index (χ3n) is 2.31. The molecule has 0 unspecified atom stereocenters. The van der Waals surface area contributed by atoms with E-state index in [0.29, 0.717) is 4.68 Å². The van der Waals surface area contributed by atoms with Gasteiger partial charge in [0.25, 0.3) is 0 Å². The van der Waals surface area contributed by atoms with Crippen molar-refractivity contribution in [2.45, 2.75) is 12.8 Å². The van der Waals surface area contributed by atoms with E-state index in [1.165, 1.54) is 18.2 Å². The number of nitrogens with zero attached hydrogens (tertiary/aromatic N) is 3. The van der Waals surface area contributed by atoms with Crippen molar-refractivity contribution >= 4 is 23.2 Å². The molecule has 102 valence electrons. The minimum atomic E-state index is -4.70. The van der Waals surface area contributed by atoms with Crippen molar-refractivity contribution in [2.24, 2.45) is 0 Å². The van der Waals surface area contributed by atoms with E-state index in [4.69, 9.17) is 28.3 Å². The largest absolute Gasteiger partial charge is 0.435 e. The molecule has 2 rings (SSSR count). The van der Waals surface area contributed by atoms with Crippen LogP contribution in [0.1, 0.15) is 11.4 Å². The van der Waals surface area contributed by atoms with Crippen molar-refractivity contribution in [3.05, 3.63) is 39.6 Å². The quantitative estimate of drug-likeness (QED) is 0.927. The van der Waals surface area contributed by atoms with Gasteiger partial charge in [-0.1, -0.05) is 28.4 Å². The summed E-state index contributed by atoms with van der Waals surface area (Å²) < 4.78 is 39.3. The molecule has 4 nitrogen and oxygen atoms in total. The molecule has 1 N–H and O–H groups in total. The summed E-state index contributed by atoms with van der Waals surface area (Å²) in [6.07, 6.45) is -4.70. The summed E-state index contributed by atoms with van der Waals surface area (Å²) in [6, 6.07) is 3.90. The fourth-order valence-corrected chi connectivity index (χ4v) is 1.79. The first-order valence-corrected chi connectivity index (χ1v) is 5.68. The van der Waals surface area contributed by atoms with Crippen LogP contribution in [0.3, 0.4) is 0 Å². The lowest BCUT2D eigenvalue weighted by molar-refractivity contribution is -0.143. The first kappa shape index (κ1) is 14.1. The van der Waals surface area contributed by atoms with Gasteiger partial charge < -0.3 is 5.11 Å². The summed E-state index contributed by atoms with van der Waals surface area (Å²) in [5.74, 6) is 0. The van der Waals surface area contributed by atoms with Gasteiger partial charge in [0.1, 0.15) is 5.69 Å². The Bertz CT molecular complexity index is 613. The van der Waals surface area contributed by atoms with Crippen molar-refractivity contribution < 1.29 is 18.3 Å². The summed E-state index contributed by atoms with van der Waals surface area (Å²) in [4.78, 5) is 0. The number of halogens is 5. The Hall–Kier alpha value is -1.31. The Balaban J connectivity index is 2.62. The highest BCUT2D eigenvalue weighted by molar-refractivity contribution is 6.42. The lowest BCUT2D eigenvalue weighted by Crippen LogP contribution is -2.15. The van der Waals surface area contributed by atoms with E-state index in [1.807, 2.05) is 0 Å². The molecule has 0 amide bonds. The predicted molar refractivity (Wildman–Crippen MR) is 62.3 cm³/mol. The molecule has 2 aromatic rings. The van der Waals surface area contributed by atoms with Crippen LogP contribution in [-0.4, -0.2) is 20.1 Å². The second-order valence-electron chi connectivity index (χ2n) is 3.55. The van der Waals surface area contributed by atoms with Gasteiger partial charge in [0.15, 0.2) is 5.69 Å². The van der Waals surface area contributed by atoms with Crippen molar-refractivity contribution in [3.63, 3.8) is 0 Å². The first-order chi connectivity index (χ1) is 8.84. The highest BCUT2D eigenvalue weighted by atomic mass is 35.5. The lowest BCUT2D eigenvalue weighted by atomic mass is 10.2. The Kier molecular flexibility index (Phi) is 3.71. The molecule has 0 aliphatic carbocycles. The monoisotopic (exact) mass is 311 g/mol. The van der Waals surface area contributed by atoms with Crippen LogP contribution >= 0.6 is 23.2 Å². The molecule has 0 radical (unpaired) electrons. The van der Waals surface area contributed by atoms with Crippen molar-refractivity contribution in [1.29, 1.82) is 0 Å². The van der Waals surface area contributed by atoms with Crippen LogP contribution in [0.5, 0.6) is 0 Å². The van der Waals surface area contributed by atoms with Gasteiger partial charge in [0.05, 0.1) is 22.3 Å². The van der Waals surface area contributed by atoms with Crippen molar-refractivity contribution in [3.8, 4) is 5.69 Å². The van der Waals surface area contributed by atoms with Gasteiger partial charge in [-0.05, 0) is 18.2 Å². The van der Waals surface area contributed by atoms with Gasteiger partial charge in [0.2, 0.25) is 0 Å². The number of rotatable bonds is 2. The number of aromatic nitrogens is 3. The summed E-state index contributed by atoms with van der Waals surface area (Å²) in [5.41, 5.74) is -1.65. The number of hydrogen-bond donors (Lipinski definition) is 1. The van der Waals surface area contributed by atoms with Gasteiger partial charge in [-0.2, -0.15) is 13.2 Å². The summed E-state index contributed by atoms with van der Waals surface area (Å²) >= 11 is 11.4. The Labute approximate surface area is 115 Å². The summed E-state index contributed by atoms with van der Waals surface area (Å²) in [6.45, 7) is -0.865. The fraction of sp³-hybridized carbons (Fsp3) is 0.200. The SMILES string of the molecule is OCc1nnn(-c2ccc(Cl)c(Cl)c2)c1C(F)(F)F. The average molecular weight is 312 g/mol. The molecular weight excluding hydrogens is 306 g/mol. The number of benzene rings is 1. The molecule has 1 heterocycles. The maximum atomic E-state index is 12.9. The standard InChI is InChI=1S/C10H6Cl2F3N3O/c11-6-2-1-5(3-7(6)12)18-9(10(13,14)15)8(4-19)16-17-18/h1-3,19H,4H2. The molecule has 0 spiro atoms. The maximum absolute atomic E-state index is 12.9. The van der Waals surface area contributed by atoms with Crippen molar-refractivity contribution in [2.75, 3.05) is 0 Å². The van der Waals surface area contributed by atoms with Crippen LogP contribution < -0.4 is 0 Å². The maximum Gasteiger partial charge on any atom is 0.435 e. The van der Waals surface area contributed by atoms with Crippen LogP contribution in [0.25, 0.3) is 5.69 Å². The molecule has 1 aromatic carbocycles. The van der Waals surface area contributed by atoms with Gasteiger partial charge in [-0.3, -0.25) is 0 Å². The molecule has 0 bridgehead atoms. The van der Waals surface area contributed by atoms with E-state index in [-0.39, 0.29) is 15.7 Å². The second-order valence-corrected chi connectivity index (χ2v) is 4.37. The third kappa shape index (κ3) is 2.68. The number of hydrogen-bond acceptors (Lipinski definition) is 3. The minimum Gasteiger partial charge on any atom is -0.390 e. The molecule has 0 aliphatic rings. The molecule has 19 heavy (non-hydrogen) atoms. The van der Waals surface area contributed by atoms with Gasteiger partial charge in [0, 0.05) is 0 Å². The van der Waals surface area contributed by atoms with E-state index < -0.39 is 24.2 Å². The Morgan fingerprint density at radius 3 is 2.42 bits per heavy atom. The number of aliphatic hydroxyl groups excluding tert-OH is 1. The highest BCUT2D eigenvalue weighted by Gasteiger charge is 2.39. The first-order valence-electron chi connectivity index (χ1n) is 4.92. The smallest absolute Gasteiger partial charge is 0.390 e. The lowest BCUT2D eigenvalue weighted by Gasteiger charge is -2.11.